The van der Waals surface area contributed by atoms with Crippen LogP contribution in [0.25, 0.3) is 10.8 Å². The van der Waals surface area contributed by atoms with Crippen molar-refractivity contribution in [1.82, 2.24) is 0 Å². The van der Waals surface area contributed by atoms with Crippen molar-refractivity contribution in [3.63, 3.8) is 0 Å². The highest BCUT2D eigenvalue weighted by molar-refractivity contribution is 5.85. The minimum absolute atomic E-state index is 0.0958. The summed E-state index contributed by atoms with van der Waals surface area (Å²) >= 11 is 0. The van der Waals surface area contributed by atoms with Gasteiger partial charge in [-0.25, -0.2) is 4.39 Å². The van der Waals surface area contributed by atoms with Crippen molar-refractivity contribution in [2.24, 2.45) is 0 Å². The molecule has 2 nitrogen and oxygen atoms in total. The van der Waals surface area contributed by atoms with Crippen LogP contribution in [0.4, 0.5) is 4.39 Å². The van der Waals surface area contributed by atoms with Crippen LogP contribution in [0.5, 0.6) is 11.5 Å². The summed E-state index contributed by atoms with van der Waals surface area (Å²) in [6.45, 7) is 0. The van der Waals surface area contributed by atoms with E-state index in [-0.39, 0.29) is 5.75 Å². The van der Waals surface area contributed by atoms with Gasteiger partial charge in [0.05, 0.1) is 0 Å². The molecule has 0 saturated heterocycles. The number of benzene rings is 2. The fraction of sp³-hybridized carbons (Fsp3) is 0. The van der Waals surface area contributed by atoms with Crippen LogP contribution in [-0.4, -0.2) is 10.2 Å². The molecule has 0 aliphatic carbocycles. The third-order valence-electron chi connectivity index (χ3n) is 1.89. The van der Waals surface area contributed by atoms with Gasteiger partial charge in [0.1, 0.15) is 5.75 Å². The molecular weight excluding hydrogens is 171 g/mol. The number of hydrogen-bond acceptors (Lipinski definition) is 2. The van der Waals surface area contributed by atoms with E-state index >= 15 is 0 Å². The average molecular weight is 178 g/mol. The van der Waals surface area contributed by atoms with Crippen LogP contribution < -0.4 is 0 Å². The highest BCUT2D eigenvalue weighted by atomic mass is 19.1. The lowest BCUT2D eigenvalue weighted by Gasteiger charge is -2.00. The fourth-order valence-corrected chi connectivity index (χ4v) is 1.25. The SMILES string of the molecule is Oc1ccc2cc(F)c(O)cc2c1. The van der Waals surface area contributed by atoms with Crippen LogP contribution in [0, 0.1) is 5.82 Å². The first-order valence-corrected chi connectivity index (χ1v) is 3.78. The summed E-state index contributed by atoms with van der Waals surface area (Å²) in [5, 5.41) is 19.4. The van der Waals surface area contributed by atoms with Gasteiger partial charge >= 0.3 is 0 Å². The summed E-state index contributed by atoms with van der Waals surface area (Å²) in [7, 11) is 0. The third kappa shape index (κ3) is 1.28. The third-order valence-corrected chi connectivity index (χ3v) is 1.89. The van der Waals surface area contributed by atoms with Gasteiger partial charge in [-0.05, 0) is 35.0 Å². The summed E-state index contributed by atoms with van der Waals surface area (Å²) in [4.78, 5) is 0. The van der Waals surface area contributed by atoms with Gasteiger partial charge in [0.2, 0.25) is 0 Å². The molecule has 0 heterocycles. The Balaban J connectivity index is 2.81. The number of fused-ring (bicyclic) bond motifs is 1. The summed E-state index contributed by atoms with van der Waals surface area (Å²) in [5.74, 6) is -0.963. The standard InChI is InChI=1S/C10H7FO2/c11-9-4-6-1-2-8(12)3-7(6)5-10(9)13/h1-5,12-13H. The molecule has 0 aromatic heterocycles. The van der Waals surface area contributed by atoms with Crippen molar-refractivity contribution in [3.05, 3.63) is 36.1 Å². The van der Waals surface area contributed by atoms with E-state index in [1.165, 1.54) is 24.3 Å². The molecule has 2 N–H and O–H groups in total. The first-order chi connectivity index (χ1) is 6.16. The van der Waals surface area contributed by atoms with E-state index in [0.717, 1.165) is 0 Å². The van der Waals surface area contributed by atoms with Crippen LogP contribution in [0.1, 0.15) is 0 Å². The van der Waals surface area contributed by atoms with Gasteiger partial charge in [-0.3, -0.25) is 0 Å². The van der Waals surface area contributed by atoms with Crippen molar-refractivity contribution in [1.29, 1.82) is 0 Å². The zero-order chi connectivity index (χ0) is 9.42. The van der Waals surface area contributed by atoms with E-state index in [2.05, 4.69) is 0 Å². The summed E-state index contributed by atoms with van der Waals surface area (Å²) in [6.07, 6.45) is 0. The molecule has 0 spiro atoms. The maximum absolute atomic E-state index is 12.8. The molecule has 0 atom stereocenters. The van der Waals surface area contributed by atoms with Crippen LogP contribution in [-0.2, 0) is 0 Å². The number of phenolic OH excluding ortho intramolecular Hbond substituents is 2. The molecule has 3 heteroatoms. The molecule has 0 saturated carbocycles. The molecule has 66 valence electrons. The smallest absolute Gasteiger partial charge is 0.165 e. The van der Waals surface area contributed by atoms with E-state index < -0.39 is 11.6 Å². The molecule has 2 aromatic rings. The maximum atomic E-state index is 12.8. The topological polar surface area (TPSA) is 40.5 Å². The Morgan fingerprint density at radius 3 is 2.46 bits per heavy atom. The van der Waals surface area contributed by atoms with Crippen molar-refractivity contribution in [3.8, 4) is 11.5 Å². The lowest BCUT2D eigenvalue weighted by atomic mass is 10.1. The van der Waals surface area contributed by atoms with Crippen molar-refractivity contribution < 1.29 is 14.6 Å². The van der Waals surface area contributed by atoms with Crippen LogP contribution >= 0.6 is 0 Å². The molecule has 0 aliphatic heterocycles. The monoisotopic (exact) mass is 178 g/mol. The van der Waals surface area contributed by atoms with Gasteiger partial charge < -0.3 is 10.2 Å². The van der Waals surface area contributed by atoms with E-state index in [9.17, 15) is 4.39 Å². The molecule has 0 unspecified atom stereocenters. The Hall–Kier alpha value is -1.77. The predicted octanol–water partition coefficient (Wildman–Crippen LogP) is 2.39. The van der Waals surface area contributed by atoms with Crippen molar-refractivity contribution >= 4 is 10.8 Å². The van der Waals surface area contributed by atoms with Gasteiger partial charge in [-0.1, -0.05) is 6.07 Å². The minimum Gasteiger partial charge on any atom is -0.508 e. The molecular formula is C10H7FO2. The number of rotatable bonds is 0. The number of aromatic hydroxyl groups is 2. The zero-order valence-electron chi connectivity index (χ0n) is 6.66. The van der Waals surface area contributed by atoms with E-state index in [1.54, 1.807) is 6.07 Å². The largest absolute Gasteiger partial charge is 0.508 e. The molecule has 0 bridgehead atoms. The van der Waals surface area contributed by atoms with Gasteiger partial charge in [0.25, 0.3) is 0 Å². The maximum Gasteiger partial charge on any atom is 0.165 e. The van der Waals surface area contributed by atoms with Gasteiger partial charge in [0.15, 0.2) is 11.6 Å². The molecule has 2 rings (SSSR count). The Morgan fingerprint density at radius 1 is 0.923 bits per heavy atom. The quantitative estimate of drug-likeness (QED) is 0.650. The van der Waals surface area contributed by atoms with E-state index in [4.69, 9.17) is 10.2 Å². The summed E-state index contributed by atoms with van der Waals surface area (Å²) in [6, 6.07) is 7.04. The lowest BCUT2D eigenvalue weighted by Crippen LogP contribution is -1.78. The summed E-state index contributed by atoms with van der Waals surface area (Å²) < 4.78 is 12.8. The lowest BCUT2D eigenvalue weighted by molar-refractivity contribution is 0.433. The Labute approximate surface area is 73.9 Å². The first-order valence-electron chi connectivity index (χ1n) is 3.78. The molecule has 13 heavy (non-hydrogen) atoms. The minimum atomic E-state index is -0.654. The van der Waals surface area contributed by atoms with Crippen molar-refractivity contribution in [2.75, 3.05) is 0 Å². The Morgan fingerprint density at radius 2 is 1.69 bits per heavy atom. The highest BCUT2D eigenvalue weighted by Crippen LogP contribution is 2.26. The highest BCUT2D eigenvalue weighted by Gasteiger charge is 2.02. The van der Waals surface area contributed by atoms with Gasteiger partial charge in [-0.2, -0.15) is 0 Å². The molecule has 0 fully saturated rings. The second-order valence-corrected chi connectivity index (χ2v) is 2.84. The molecule has 2 aromatic carbocycles. The van der Waals surface area contributed by atoms with E-state index in [1.807, 2.05) is 0 Å². The number of phenols is 2. The van der Waals surface area contributed by atoms with Crippen LogP contribution in [0.3, 0.4) is 0 Å². The second-order valence-electron chi connectivity index (χ2n) is 2.84. The van der Waals surface area contributed by atoms with Crippen molar-refractivity contribution in [2.45, 2.75) is 0 Å². The molecule has 0 radical (unpaired) electrons. The second kappa shape index (κ2) is 2.62. The average Bonchev–Trinajstić information content (AvgIpc) is 2.08. The number of hydrogen-bond donors (Lipinski definition) is 2. The molecule has 0 aliphatic rings. The normalized spacial score (nSPS) is 10.5. The molecule has 0 amide bonds. The van der Waals surface area contributed by atoms with Gasteiger partial charge in [0, 0.05) is 0 Å². The fourth-order valence-electron chi connectivity index (χ4n) is 1.25. The van der Waals surface area contributed by atoms with Crippen LogP contribution in [0.2, 0.25) is 0 Å². The Kier molecular flexibility index (Phi) is 1.59. The number of halogens is 1. The predicted molar refractivity (Wildman–Crippen MR) is 47.2 cm³/mol. The Bertz CT molecular complexity index is 466. The van der Waals surface area contributed by atoms with Gasteiger partial charge in [-0.15, -0.1) is 0 Å². The summed E-state index contributed by atoms with van der Waals surface area (Å²) in [5.41, 5.74) is 0. The zero-order valence-corrected chi connectivity index (χ0v) is 6.66. The van der Waals surface area contributed by atoms with E-state index in [0.29, 0.717) is 10.8 Å². The first kappa shape index (κ1) is 7.86. The van der Waals surface area contributed by atoms with Crippen LogP contribution in [0.15, 0.2) is 30.3 Å².